The molecular weight excluding hydrogens is 228 g/mol. The molecule has 5 nitrogen and oxygen atoms in total. The van der Waals surface area contributed by atoms with E-state index in [-0.39, 0.29) is 5.78 Å². The maximum absolute atomic E-state index is 11.8. The number of rotatable bonds is 4. The third-order valence-corrected chi connectivity index (χ3v) is 2.76. The van der Waals surface area contributed by atoms with Gasteiger partial charge >= 0.3 is 0 Å². The average molecular weight is 244 g/mol. The van der Waals surface area contributed by atoms with Crippen molar-refractivity contribution in [3.63, 3.8) is 0 Å². The van der Waals surface area contributed by atoms with Gasteiger partial charge in [-0.25, -0.2) is 0 Å². The fourth-order valence-electron chi connectivity index (χ4n) is 1.59. The zero-order chi connectivity index (χ0) is 13.1. The molecule has 2 rings (SSSR count). The van der Waals surface area contributed by atoms with Gasteiger partial charge in [0.15, 0.2) is 0 Å². The van der Waals surface area contributed by atoms with Crippen LogP contribution in [0.1, 0.15) is 28.8 Å². The molecule has 0 spiro atoms. The molecule has 0 saturated heterocycles. The first-order valence-corrected chi connectivity index (χ1v) is 5.86. The summed E-state index contributed by atoms with van der Waals surface area (Å²) in [5.74, 6) is -0.106. The van der Waals surface area contributed by atoms with Gasteiger partial charge in [0.2, 0.25) is 5.78 Å². The topological polar surface area (TPSA) is 52.7 Å². The molecule has 0 saturated carbocycles. The highest BCUT2D eigenvalue weighted by atomic mass is 16.1. The van der Waals surface area contributed by atoms with E-state index in [2.05, 4.69) is 10.2 Å². The van der Waals surface area contributed by atoms with Crippen LogP contribution < -0.4 is 0 Å². The Balaban J connectivity index is 2.11. The first kappa shape index (κ1) is 12.3. The summed E-state index contributed by atoms with van der Waals surface area (Å²) in [5, 5.41) is 8.40. The summed E-state index contributed by atoms with van der Waals surface area (Å²) in [6.45, 7) is 4.71. The summed E-state index contributed by atoms with van der Waals surface area (Å²) < 4.78 is 3.50. The first-order chi connectivity index (χ1) is 8.60. The number of allylic oxidation sites excluding steroid dienone is 1. The highest BCUT2D eigenvalue weighted by Gasteiger charge is 2.06. The Morgan fingerprint density at radius 3 is 2.78 bits per heavy atom. The molecule has 2 aromatic heterocycles. The minimum atomic E-state index is -0.106. The van der Waals surface area contributed by atoms with E-state index in [1.54, 1.807) is 27.7 Å². The van der Waals surface area contributed by atoms with E-state index < -0.39 is 0 Å². The van der Waals surface area contributed by atoms with Crippen LogP contribution in [0.3, 0.4) is 0 Å². The lowest BCUT2D eigenvalue weighted by Gasteiger charge is -1.91. The molecule has 18 heavy (non-hydrogen) atoms. The standard InChI is InChI=1S/C13H16N4O/c1-4-17-8-7-12(15-17)13(18)6-5-11-9-10(2)16(3)14-11/h5-9H,4H2,1-3H3/b6-5+. The number of ketones is 1. The minimum absolute atomic E-state index is 0.106. The Morgan fingerprint density at radius 1 is 1.44 bits per heavy atom. The first-order valence-electron chi connectivity index (χ1n) is 5.86. The lowest BCUT2D eigenvalue weighted by Crippen LogP contribution is -2.00. The molecule has 0 aliphatic carbocycles. The second kappa shape index (κ2) is 5.00. The van der Waals surface area contributed by atoms with Gasteiger partial charge < -0.3 is 0 Å². The number of carbonyl (C=O) groups excluding carboxylic acids is 1. The molecule has 2 heterocycles. The van der Waals surface area contributed by atoms with Gasteiger partial charge in [-0.05, 0) is 38.1 Å². The van der Waals surface area contributed by atoms with E-state index in [0.717, 1.165) is 17.9 Å². The summed E-state index contributed by atoms with van der Waals surface area (Å²) in [5.41, 5.74) is 2.29. The SMILES string of the molecule is CCn1ccc(C(=O)/C=C/c2cc(C)n(C)n2)n1. The van der Waals surface area contributed by atoms with Gasteiger partial charge in [-0.3, -0.25) is 14.2 Å². The Morgan fingerprint density at radius 2 is 2.22 bits per heavy atom. The third-order valence-electron chi connectivity index (χ3n) is 2.76. The molecule has 0 aromatic carbocycles. The number of nitrogens with zero attached hydrogens (tertiary/aromatic N) is 4. The molecule has 0 radical (unpaired) electrons. The van der Waals surface area contributed by atoms with Crippen molar-refractivity contribution in [2.75, 3.05) is 0 Å². The molecule has 2 aromatic rings. The molecule has 0 aliphatic rings. The molecule has 0 atom stereocenters. The van der Waals surface area contributed by atoms with Crippen LogP contribution in [0.5, 0.6) is 0 Å². The summed E-state index contributed by atoms with van der Waals surface area (Å²) in [4.78, 5) is 11.8. The van der Waals surface area contributed by atoms with Gasteiger partial charge in [0.25, 0.3) is 0 Å². The van der Waals surface area contributed by atoms with E-state index in [1.165, 1.54) is 6.08 Å². The minimum Gasteiger partial charge on any atom is -0.287 e. The molecule has 5 heteroatoms. The number of aryl methyl sites for hydroxylation is 3. The molecule has 0 unspecified atom stereocenters. The van der Waals surface area contributed by atoms with Gasteiger partial charge in [-0.1, -0.05) is 0 Å². The fraction of sp³-hybridized carbons (Fsp3) is 0.308. The van der Waals surface area contributed by atoms with Gasteiger partial charge in [0, 0.05) is 25.5 Å². The van der Waals surface area contributed by atoms with E-state index in [0.29, 0.717) is 5.69 Å². The van der Waals surface area contributed by atoms with Crippen LogP contribution in [-0.2, 0) is 13.6 Å². The van der Waals surface area contributed by atoms with Crippen LogP contribution >= 0.6 is 0 Å². The van der Waals surface area contributed by atoms with Crippen molar-refractivity contribution >= 4 is 11.9 Å². The van der Waals surface area contributed by atoms with Crippen LogP contribution in [0.15, 0.2) is 24.4 Å². The van der Waals surface area contributed by atoms with E-state index in [9.17, 15) is 4.79 Å². The summed E-state index contributed by atoms with van der Waals surface area (Å²) in [7, 11) is 1.87. The summed E-state index contributed by atoms with van der Waals surface area (Å²) in [6.07, 6.45) is 5.01. The van der Waals surface area contributed by atoms with E-state index in [4.69, 9.17) is 0 Å². The van der Waals surface area contributed by atoms with Crippen molar-refractivity contribution in [2.45, 2.75) is 20.4 Å². The van der Waals surface area contributed by atoms with Gasteiger partial charge in [-0.15, -0.1) is 0 Å². The third kappa shape index (κ3) is 2.56. The van der Waals surface area contributed by atoms with Crippen molar-refractivity contribution in [3.8, 4) is 0 Å². The smallest absolute Gasteiger partial charge is 0.206 e. The van der Waals surface area contributed by atoms with Crippen molar-refractivity contribution in [1.82, 2.24) is 19.6 Å². The van der Waals surface area contributed by atoms with Crippen LogP contribution in [0.25, 0.3) is 6.08 Å². The summed E-state index contributed by atoms with van der Waals surface area (Å²) in [6, 6.07) is 3.65. The normalized spacial score (nSPS) is 11.3. The molecule has 0 amide bonds. The lowest BCUT2D eigenvalue weighted by molar-refractivity contribution is 0.104. The quantitative estimate of drug-likeness (QED) is 0.609. The van der Waals surface area contributed by atoms with Crippen LogP contribution in [0.4, 0.5) is 0 Å². The molecule has 0 fully saturated rings. The highest BCUT2D eigenvalue weighted by Crippen LogP contribution is 2.05. The van der Waals surface area contributed by atoms with Crippen LogP contribution in [0.2, 0.25) is 0 Å². The largest absolute Gasteiger partial charge is 0.287 e. The Labute approximate surface area is 106 Å². The second-order valence-corrected chi connectivity index (χ2v) is 4.09. The maximum atomic E-state index is 11.8. The van der Waals surface area contributed by atoms with Gasteiger partial charge in [-0.2, -0.15) is 10.2 Å². The van der Waals surface area contributed by atoms with Crippen LogP contribution in [0, 0.1) is 6.92 Å². The van der Waals surface area contributed by atoms with Gasteiger partial charge in [0.05, 0.1) is 5.69 Å². The Bertz CT molecular complexity index is 572. The van der Waals surface area contributed by atoms with Crippen molar-refractivity contribution in [3.05, 3.63) is 41.5 Å². The molecule has 0 aliphatic heterocycles. The molecule has 0 N–H and O–H groups in total. The fourth-order valence-corrected chi connectivity index (χ4v) is 1.59. The van der Waals surface area contributed by atoms with E-state index >= 15 is 0 Å². The van der Waals surface area contributed by atoms with Crippen molar-refractivity contribution < 1.29 is 4.79 Å². The number of aromatic nitrogens is 4. The molecule has 94 valence electrons. The Hall–Kier alpha value is -2.17. The maximum Gasteiger partial charge on any atom is 0.206 e. The lowest BCUT2D eigenvalue weighted by atomic mass is 10.2. The van der Waals surface area contributed by atoms with Crippen LogP contribution in [-0.4, -0.2) is 25.3 Å². The predicted molar refractivity (Wildman–Crippen MR) is 69.2 cm³/mol. The average Bonchev–Trinajstić information content (AvgIpc) is 2.94. The molecular formula is C13H16N4O. The second-order valence-electron chi connectivity index (χ2n) is 4.09. The van der Waals surface area contributed by atoms with E-state index in [1.807, 2.05) is 27.0 Å². The predicted octanol–water partition coefficient (Wildman–Crippen LogP) is 1.84. The monoisotopic (exact) mass is 244 g/mol. The number of hydrogen-bond donors (Lipinski definition) is 0. The van der Waals surface area contributed by atoms with Gasteiger partial charge in [0.1, 0.15) is 5.69 Å². The van der Waals surface area contributed by atoms with Crippen molar-refractivity contribution in [1.29, 1.82) is 0 Å². The summed E-state index contributed by atoms with van der Waals surface area (Å²) >= 11 is 0. The number of hydrogen-bond acceptors (Lipinski definition) is 3. The van der Waals surface area contributed by atoms with Crippen molar-refractivity contribution in [2.24, 2.45) is 7.05 Å². The number of carbonyl (C=O) groups is 1. The highest BCUT2D eigenvalue weighted by molar-refractivity contribution is 6.05. The Kier molecular flexibility index (Phi) is 3.41. The molecule has 0 bridgehead atoms. The zero-order valence-corrected chi connectivity index (χ0v) is 10.8. The zero-order valence-electron chi connectivity index (χ0n) is 10.8.